The van der Waals surface area contributed by atoms with Gasteiger partial charge in [0.15, 0.2) is 0 Å². The van der Waals surface area contributed by atoms with Crippen LogP contribution in [0.25, 0.3) is 0 Å². The van der Waals surface area contributed by atoms with Crippen molar-refractivity contribution in [1.82, 2.24) is 10.3 Å². The van der Waals surface area contributed by atoms with E-state index >= 15 is 0 Å². The van der Waals surface area contributed by atoms with Crippen LogP contribution in [0.3, 0.4) is 0 Å². The molecule has 7 heteroatoms. The number of carboxylic acids is 1. The Morgan fingerprint density at radius 2 is 2.25 bits per heavy atom. The minimum absolute atomic E-state index is 0.0661. The van der Waals surface area contributed by atoms with Crippen LogP contribution in [-0.4, -0.2) is 40.8 Å². The summed E-state index contributed by atoms with van der Waals surface area (Å²) in [6, 6.07) is 2.47. The standard InChI is InChI=1S/C13H17N3O4/c1-13(5-2-6-20-8-13)16-12(19)15-9-3-4-10(11(17)18)14-7-9/h3-4,7H,2,5-6,8H2,1H3,(H,17,18)(H2,15,16,19). The fourth-order valence-corrected chi connectivity index (χ4v) is 2.06. The molecule has 0 aliphatic carbocycles. The minimum atomic E-state index is -1.10. The van der Waals surface area contributed by atoms with E-state index in [1.54, 1.807) is 0 Å². The van der Waals surface area contributed by atoms with Crippen LogP contribution in [-0.2, 0) is 4.74 Å². The maximum atomic E-state index is 11.9. The Hall–Kier alpha value is -2.15. The Kier molecular flexibility index (Phi) is 4.19. The van der Waals surface area contributed by atoms with Gasteiger partial charge in [-0.2, -0.15) is 0 Å². The van der Waals surface area contributed by atoms with Gasteiger partial charge < -0.3 is 20.5 Å². The molecule has 0 aromatic carbocycles. The van der Waals surface area contributed by atoms with Gasteiger partial charge in [-0.25, -0.2) is 14.6 Å². The first-order valence-electron chi connectivity index (χ1n) is 6.35. The van der Waals surface area contributed by atoms with E-state index in [0.717, 1.165) is 19.4 Å². The molecule has 108 valence electrons. The zero-order valence-corrected chi connectivity index (χ0v) is 11.2. The SMILES string of the molecule is CC1(NC(=O)Nc2ccc(C(=O)O)nc2)CCCOC1. The maximum Gasteiger partial charge on any atom is 0.354 e. The van der Waals surface area contributed by atoms with Crippen LogP contribution in [0, 0.1) is 0 Å². The van der Waals surface area contributed by atoms with E-state index in [1.165, 1.54) is 18.3 Å². The number of aromatic carboxylic acids is 1. The number of hydrogen-bond acceptors (Lipinski definition) is 4. The predicted molar refractivity (Wildman–Crippen MR) is 71.8 cm³/mol. The Labute approximate surface area is 116 Å². The minimum Gasteiger partial charge on any atom is -0.477 e. The second-order valence-electron chi connectivity index (χ2n) is 5.03. The van der Waals surface area contributed by atoms with E-state index < -0.39 is 5.97 Å². The van der Waals surface area contributed by atoms with Crippen LogP contribution < -0.4 is 10.6 Å². The summed E-state index contributed by atoms with van der Waals surface area (Å²) < 4.78 is 5.36. The topological polar surface area (TPSA) is 101 Å². The summed E-state index contributed by atoms with van der Waals surface area (Å²) in [4.78, 5) is 26.3. The number of carboxylic acid groups (broad SMARTS) is 1. The zero-order valence-electron chi connectivity index (χ0n) is 11.2. The maximum absolute atomic E-state index is 11.9. The third kappa shape index (κ3) is 3.67. The highest BCUT2D eigenvalue weighted by Gasteiger charge is 2.29. The highest BCUT2D eigenvalue weighted by molar-refractivity contribution is 5.90. The van der Waals surface area contributed by atoms with E-state index in [4.69, 9.17) is 9.84 Å². The van der Waals surface area contributed by atoms with Crippen LogP contribution in [0.1, 0.15) is 30.3 Å². The average Bonchev–Trinajstić information content (AvgIpc) is 2.39. The second kappa shape index (κ2) is 5.87. The van der Waals surface area contributed by atoms with E-state index in [2.05, 4.69) is 15.6 Å². The summed E-state index contributed by atoms with van der Waals surface area (Å²) in [5.74, 6) is -1.10. The summed E-state index contributed by atoms with van der Waals surface area (Å²) in [5.41, 5.74) is -0.00651. The van der Waals surface area contributed by atoms with Gasteiger partial charge in [-0.15, -0.1) is 0 Å². The number of rotatable bonds is 3. The average molecular weight is 279 g/mol. The molecular weight excluding hydrogens is 262 g/mol. The van der Waals surface area contributed by atoms with E-state index in [0.29, 0.717) is 12.3 Å². The molecule has 2 heterocycles. The predicted octanol–water partition coefficient (Wildman–Crippen LogP) is 1.47. The number of nitrogens with one attached hydrogen (secondary N) is 2. The van der Waals surface area contributed by atoms with E-state index in [9.17, 15) is 9.59 Å². The van der Waals surface area contributed by atoms with Crippen molar-refractivity contribution in [1.29, 1.82) is 0 Å². The first-order valence-corrected chi connectivity index (χ1v) is 6.35. The summed E-state index contributed by atoms with van der Waals surface area (Å²) in [5, 5.41) is 14.2. The summed E-state index contributed by atoms with van der Waals surface area (Å²) >= 11 is 0. The van der Waals surface area contributed by atoms with Crippen LogP contribution in [0.4, 0.5) is 10.5 Å². The number of pyridine rings is 1. The van der Waals surface area contributed by atoms with Crippen LogP contribution in [0.15, 0.2) is 18.3 Å². The van der Waals surface area contributed by atoms with Gasteiger partial charge >= 0.3 is 12.0 Å². The molecule has 1 aromatic rings. The number of amides is 2. The lowest BCUT2D eigenvalue weighted by Crippen LogP contribution is -2.52. The summed E-state index contributed by atoms with van der Waals surface area (Å²) in [6.45, 7) is 3.13. The van der Waals surface area contributed by atoms with Gasteiger partial charge in [-0.3, -0.25) is 0 Å². The van der Waals surface area contributed by atoms with Gasteiger partial charge in [-0.1, -0.05) is 0 Å². The lowest BCUT2D eigenvalue weighted by Gasteiger charge is -2.34. The van der Waals surface area contributed by atoms with Crippen molar-refractivity contribution < 1.29 is 19.4 Å². The highest BCUT2D eigenvalue weighted by atomic mass is 16.5. The van der Waals surface area contributed by atoms with Crippen molar-refractivity contribution >= 4 is 17.7 Å². The number of aromatic nitrogens is 1. The molecule has 0 saturated carbocycles. The fourth-order valence-electron chi connectivity index (χ4n) is 2.06. The van der Waals surface area contributed by atoms with Crippen molar-refractivity contribution in [2.45, 2.75) is 25.3 Å². The molecule has 2 rings (SSSR count). The molecule has 20 heavy (non-hydrogen) atoms. The van der Waals surface area contributed by atoms with Gasteiger partial charge in [0.2, 0.25) is 0 Å². The lowest BCUT2D eigenvalue weighted by atomic mass is 9.95. The zero-order chi connectivity index (χ0) is 14.6. The molecule has 1 atom stereocenters. The third-order valence-corrected chi connectivity index (χ3v) is 3.09. The number of nitrogens with zero attached hydrogens (tertiary/aromatic N) is 1. The van der Waals surface area contributed by atoms with Gasteiger partial charge in [0.1, 0.15) is 5.69 Å². The van der Waals surface area contributed by atoms with Gasteiger partial charge in [0.05, 0.1) is 24.0 Å². The summed E-state index contributed by atoms with van der Waals surface area (Å²) in [6.07, 6.45) is 3.07. The molecule has 0 spiro atoms. The number of ether oxygens (including phenoxy) is 1. The Bertz CT molecular complexity index is 495. The van der Waals surface area contributed by atoms with Crippen LogP contribution >= 0.6 is 0 Å². The van der Waals surface area contributed by atoms with E-state index in [-0.39, 0.29) is 17.3 Å². The first kappa shape index (κ1) is 14.3. The molecule has 2 amide bonds. The van der Waals surface area contributed by atoms with Crippen molar-refractivity contribution in [2.75, 3.05) is 18.5 Å². The van der Waals surface area contributed by atoms with Crippen molar-refractivity contribution in [2.24, 2.45) is 0 Å². The Morgan fingerprint density at radius 3 is 2.80 bits per heavy atom. The number of carbonyl (C=O) groups excluding carboxylic acids is 1. The van der Waals surface area contributed by atoms with E-state index in [1.807, 2.05) is 6.92 Å². The monoisotopic (exact) mass is 279 g/mol. The van der Waals surface area contributed by atoms with Crippen molar-refractivity contribution in [3.63, 3.8) is 0 Å². The van der Waals surface area contributed by atoms with Gasteiger partial charge in [0.25, 0.3) is 0 Å². The molecule has 0 radical (unpaired) electrons. The Balaban J connectivity index is 1.92. The number of anilines is 1. The molecule has 0 bridgehead atoms. The quantitative estimate of drug-likeness (QED) is 0.778. The van der Waals surface area contributed by atoms with Crippen LogP contribution in [0.2, 0.25) is 0 Å². The second-order valence-corrected chi connectivity index (χ2v) is 5.03. The molecular formula is C13H17N3O4. The van der Waals surface area contributed by atoms with Crippen molar-refractivity contribution in [3.05, 3.63) is 24.0 Å². The van der Waals surface area contributed by atoms with Crippen LogP contribution in [0.5, 0.6) is 0 Å². The normalized spacial score (nSPS) is 22.1. The smallest absolute Gasteiger partial charge is 0.354 e. The number of carbonyl (C=O) groups is 2. The third-order valence-electron chi connectivity index (χ3n) is 3.09. The largest absolute Gasteiger partial charge is 0.477 e. The molecule has 1 saturated heterocycles. The molecule has 7 nitrogen and oxygen atoms in total. The number of hydrogen-bond donors (Lipinski definition) is 3. The molecule has 3 N–H and O–H groups in total. The molecule has 1 unspecified atom stereocenters. The molecule has 1 aliphatic rings. The van der Waals surface area contributed by atoms with Gasteiger partial charge in [0, 0.05) is 6.61 Å². The fraction of sp³-hybridized carbons (Fsp3) is 0.462. The Morgan fingerprint density at radius 1 is 1.45 bits per heavy atom. The molecule has 1 aliphatic heterocycles. The number of urea groups is 1. The first-order chi connectivity index (χ1) is 9.48. The summed E-state index contributed by atoms with van der Waals surface area (Å²) in [7, 11) is 0. The van der Waals surface area contributed by atoms with Gasteiger partial charge in [-0.05, 0) is 31.9 Å². The molecule has 1 fully saturated rings. The van der Waals surface area contributed by atoms with Crippen molar-refractivity contribution in [3.8, 4) is 0 Å². The molecule has 1 aromatic heterocycles. The highest BCUT2D eigenvalue weighted by Crippen LogP contribution is 2.18. The lowest BCUT2D eigenvalue weighted by molar-refractivity contribution is 0.0342.